The molecule has 1 aliphatic rings. The zero-order chi connectivity index (χ0) is 16.9. The third kappa shape index (κ3) is 3.57. The van der Waals surface area contributed by atoms with Crippen LogP contribution in [0.4, 0.5) is 0 Å². The van der Waals surface area contributed by atoms with Crippen LogP contribution in [0.5, 0.6) is 0 Å². The first-order chi connectivity index (χ1) is 11.7. The Hall–Kier alpha value is -1.98. The van der Waals surface area contributed by atoms with Crippen LogP contribution in [0.25, 0.3) is 10.9 Å². The molecule has 1 aromatic heterocycles. The van der Waals surface area contributed by atoms with E-state index >= 15 is 0 Å². The van der Waals surface area contributed by atoms with Gasteiger partial charge in [0, 0.05) is 38.3 Å². The van der Waals surface area contributed by atoms with Crippen molar-refractivity contribution in [1.82, 2.24) is 14.8 Å². The van der Waals surface area contributed by atoms with Crippen LogP contribution in [0.15, 0.2) is 36.5 Å². The molecule has 0 bridgehead atoms. The molecule has 5 heteroatoms. The lowest BCUT2D eigenvalue weighted by Crippen LogP contribution is -2.51. The molecule has 1 saturated heterocycles. The highest BCUT2D eigenvalue weighted by Crippen LogP contribution is 2.19. The van der Waals surface area contributed by atoms with Gasteiger partial charge in [-0.25, -0.2) is 0 Å². The van der Waals surface area contributed by atoms with Crippen molar-refractivity contribution in [3.63, 3.8) is 0 Å². The van der Waals surface area contributed by atoms with Crippen LogP contribution in [-0.4, -0.2) is 60.1 Å². The molecule has 3 rings (SSSR count). The minimum Gasteiger partial charge on any atom is -0.379 e. The van der Waals surface area contributed by atoms with Crippen LogP contribution >= 0.6 is 0 Å². The van der Waals surface area contributed by atoms with E-state index in [1.165, 1.54) is 0 Å². The van der Waals surface area contributed by atoms with Crippen molar-refractivity contribution in [3.8, 4) is 0 Å². The Kier molecular flexibility index (Phi) is 5.43. The number of benzene rings is 1. The third-order valence-electron chi connectivity index (χ3n) is 4.68. The number of carbonyl (C=O) groups is 1. The molecule has 2 aromatic rings. The van der Waals surface area contributed by atoms with Gasteiger partial charge < -0.3 is 9.64 Å². The Labute approximate surface area is 143 Å². The highest BCUT2D eigenvalue weighted by Gasteiger charge is 2.28. The van der Waals surface area contributed by atoms with Crippen LogP contribution in [0.3, 0.4) is 0 Å². The van der Waals surface area contributed by atoms with E-state index < -0.39 is 0 Å². The summed E-state index contributed by atoms with van der Waals surface area (Å²) in [5.74, 6) is 0.181. The molecule has 0 unspecified atom stereocenters. The van der Waals surface area contributed by atoms with E-state index in [-0.39, 0.29) is 11.9 Å². The first-order valence-electron chi connectivity index (χ1n) is 8.60. The van der Waals surface area contributed by atoms with E-state index in [1.54, 1.807) is 6.20 Å². The van der Waals surface area contributed by atoms with E-state index in [4.69, 9.17) is 4.74 Å². The molecule has 0 aliphatic carbocycles. The monoisotopic (exact) mass is 327 g/mol. The quantitative estimate of drug-likeness (QED) is 0.845. The summed E-state index contributed by atoms with van der Waals surface area (Å²) in [4.78, 5) is 21.4. The topological polar surface area (TPSA) is 45.7 Å². The fraction of sp³-hybridized carbons (Fsp3) is 0.474. The molecule has 1 atom stereocenters. The normalized spacial score (nSPS) is 16.9. The number of likely N-dealkylation sites (N-methyl/N-ethyl adjacent to an activating group) is 1. The van der Waals surface area contributed by atoms with Gasteiger partial charge in [0.15, 0.2) is 0 Å². The van der Waals surface area contributed by atoms with Gasteiger partial charge in [-0.2, -0.15) is 0 Å². The Balaban J connectivity index is 1.75. The van der Waals surface area contributed by atoms with Crippen molar-refractivity contribution in [3.05, 3.63) is 42.1 Å². The smallest absolute Gasteiger partial charge is 0.239 e. The second-order valence-electron chi connectivity index (χ2n) is 6.25. The van der Waals surface area contributed by atoms with Gasteiger partial charge in [0.25, 0.3) is 0 Å². The fourth-order valence-electron chi connectivity index (χ4n) is 3.37. The lowest BCUT2D eigenvalue weighted by molar-refractivity contribution is -0.138. The molecule has 1 aromatic carbocycles. The average Bonchev–Trinajstić information content (AvgIpc) is 2.63. The second-order valence-corrected chi connectivity index (χ2v) is 6.25. The number of hydrogen-bond acceptors (Lipinski definition) is 4. The Morgan fingerprint density at radius 2 is 2.08 bits per heavy atom. The SMILES string of the molecule is CC[C@@H](C(=O)N(C)Cc1cccc2ncccc12)N1CCOCC1. The summed E-state index contributed by atoms with van der Waals surface area (Å²) in [6, 6.07) is 10.0. The molecule has 0 spiro atoms. The second kappa shape index (κ2) is 7.73. The standard InChI is InChI=1S/C19H25N3O2/c1-3-18(22-10-12-24-13-11-22)19(23)21(2)14-15-6-4-8-17-16(15)7-5-9-20-17/h4-9,18H,3,10-14H2,1-2H3/t18-/m0/s1. The molecular weight excluding hydrogens is 302 g/mol. The van der Waals surface area contributed by atoms with Crippen LogP contribution in [0.1, 0.15) is 18.9 Å². The van der Waals surface area contributed by atoms with Crippen molar-refractivity contribution in [1.29, 1.82) is 0 Å². The maximum Gasteiger partial charge on any atom is 0.239 e. The minimum atomic E-state index is -0.0630. The average molecular weight is 327 g/mol. The first-order valence-corrected chi connectivity index (χ1v) is 8.60. The number of aromatic nitrogens is 1. The maximum atomic E-state index is 12.9. The van der Waals surface area contributed by atoms with Gasteiger partial charge in [-0.1, -0.05) is 25.1 Å². The maximum absolute atomic E-state index is 12.9. The number of morpholine rings is 1. The van der Waals surface area contributed by atoms with Crippen molar-refractivity contribution in [2.24, 2.45) is 0 Å². The molecule has 128 valence electrons. The largest absolute Gasteiger partial charge is 0.379 e. The Morgan fingerprint density at radius 1 is 1.29 bits per heavy atom. The molecule has 0 saturated carbocycles. The van der Waals surface area contributed by atoms with Gasteiger partial charge in [0.1, 0.15) is 0 Å². The van der Waals surface area contributed by atoms with E-state index in [0.717, 1.165) is 36.0 Å². The molecule has 0 N–H and O–H groups in total. The number of fused-ring (bicyclic) bond motifs is 1. The molecule has 2 heterocycles. The molecule has 1 fully saturated rings. The van der Waals surface area contributed by atoms with Gasteiger partial charge in [0.05, 0.1) is 24.8 Å². The summed E-state index contributed by atoms with van der Waals surface area (Å²) in [6.07, 6.45) is 2.62. The lowest BCUT2D eigenvalue weighted by atomic mass is 10.1. The van der Waals surface area contributed by atoms with Gasteiger partial charge in [-0.05, 0) is 24.1 Å². The van der Waals surface area contributed by atoms with Crippen LogP contribution in [-0.2, 0) is 16.1 Å². The third-order valence-corrected chi connectivity index (χ3v) is 4.68. The number of ether oxygens (including phenoxy) is 1. The van der Waals surface area contributed by atoms with Crippen molar-refractivity contribution >= 4 is 16.8 Å². The zero-order valence-corrected chi connectivity index (χ0v) is 14.4. The number of rotatable bonds is 5. The van der Waals surface area contributed by atoms with Crippen LogP contribution < -0.4 is 0 Å². The van der Waals surface area contributed by atoms with Gasteiger partial charge in [0.2, 0.25) is 5.91 Å². The number of hydrogen-bond donors (Lipinski definition) is 0. The summed E-state index contributed by atoms with van der Waals surface area (Å²) in [7, 11) is 1.89. The predicted octanol–water partition coefficient (Wildman–Crippen LogP) is 2.30. The summed E-state index contributed by atoms with van der Waals surface area (Å²) in [5.41, 5.74) is 2.10. The highest BCUT2D eigenvalue weighted by molar-refractivity contribution is 5.84. The Morgan fingerprint density at radius 3 is 2.83 bits per heavy atom. The highest BCUT2D eigenvalue weighted by atomic mass is 16.5. The molecule has 1 aliphatic heterocycles. The van der Waals surface area contributed by atoms with Crippen LogP contribution in [0.2, 0.25) is 0 Å². The van der Waals surface area contributed by atoms with E-state index in [2.05, 4.69) is 28.9 Å². The van der Waals surface area contributed by atoms with E-state index in [9.17, 15) is 4.79 Å². The number of pyridine rings is 1. The van der Waals surface area contributed by atoms with Gasteiger partial charge in [-0.15, -0.1) is 0 Å². The zero-order valence-electron chi connectivity index (χ0n) is 14.4. The van der Waals surface area contributed by atoms with E-state index in [0.29, 0.717) is 19.8 Å². The fourth-order valence-corrected chi connectivity index (χ4v) is 3.37. The molecular formula is C19H25N3O2. The minimum absolute atomic E-state index is 0.0630. The summed E-state index contributed by atoms with van der Waals surface area (Å²) < 4.78 is 5.40. The molecule has 1 amide bonds. The molecule has 24 heavy (non-hydrogen) atoms. The van der Waals surface area contributed by atoms with Crippen LogP contribution in [0, 0.1) is 0 Å². The van der Waals surface area contributed by atoms with Gasteiger partial charge in [-0.3, -0.25) is 14.7 Å². The van der Waals surface area contributed by atoms with E-state index in [1.807, 2.05) is 30.1 Å². The van der Waals surface area contributed by atoms with Gasteiger partial charge >= 0.3 is 0 Å². The lowest BCUT2D eigenvalue weighted by Gasteiger charge is -2.35. The number of nitrogens with zero attached hydrogens (tertiary/aromatic N) is 3. The summed E-state index contributed by atoms with van der Waals surface area (Å²) in [6.45, 7) is 5.76. The summed E-state index contributed by atoms with van der Waals surface area (Å²) >= 11 is 0. The number of amides is 1. The first kappa shape index (κ1) is 16.9. The van der Waals surface area contributed by atoms with Crippen molar-refractivity contribution < 1.29 is 9.53 Å². The predicted molar refractivity (Wildman–Crippen MR) is 94.7 cm³/mol. The van der Waals surface area contributed by atoms with Crippen molar-refractivity contribution in [2.75, 3.05) is 33.4 Å². The summed E-state index contributed by atoms with van der Waals surface area (Å²) in [5, 5.41) is 1.11. The number of carbonyl (C=O) groups excluding carboxylic acids is 1. The molecule has 0 radical (unpaired) electrons. The molecule has 5 nitrogen and oxygen atoms in total. The Bertz CT molecular complexity index is 693. The van der Waals surface area contributed by atoms with Crippen molar-refractivity contribution in [2.45, 2.75) is 25.9 Å².